The molecule has 0 N–H and O–H groups in total. The number of carbonyl (C=O) groups excluding carboxylic acids is 1. The first kappa shape index (κ1) is 22.9. The molecule has 4 aromatic carbocycles. The molecule has 0 amide bonds. The van der Waals surface area contributed by atoms with Gasteiger partial charge in [-0.15, -0.1) is 0 Å². The molecule has 6 heteroatoms. The molecule has 4 aromatic rings. The van der Waals surface area contributed by atoms with Crippen molar-refractivity contribution in [3.8, 4) is 0 Å². The fourth-order valence-electron chi connectivity index (χ4n) is 4.27. The van der Waals surface area contributed by atoms with Crippen molar-refractivity contribution in [2.75, 3.05) is 5.01 Å². The molecule has 0 saturated heterocycles. The quantitative estimate of drug-likeness (QED) is 0.127. The van der Waals surface area contributed by atoms with Crippen LogP contribution in [0, 0.1) is 10.1 Å². The maximum Gasteiger partial charge on any atom is 0.270 e. The second kappa shape index (κ2) is 10.2. The van der Waals surface area contributed by atoms with Crippen molar-refractivity contribution in [2.24, 2.45) is 5.10 Å². The van der Waals surface area contributed by atoms with Crippen LogP contribution in [0.1, 0.15) is 39.5 Å². The van der Waals surface area contributed by atoms with Gasteiger partial charge in [0.05, 0.1) is 22.4 Å². The number of nitro groups is 1. The molecule has 0 bridgehead atoms. The fraction of sp³-hybridized carbons (Fsp3) is 0.0667. The third kappa shape index (κ3) is 4.98. The maximum atomic E-state index is 12.5. The zero-order valence-corrected chi connectivity index (χ0v) is 19.4. The average molecular weight is 474 g/mol. The Hall–Kier alpha value is -4.84. The third-order valence-electron chi connectivity index (χ3n) is 6.13. The van der Waals surface area contributed by atoms with Crippen molar-refractivity contribution in [1.82, 2.24) is 0 Å². The van der Waals surface area contributed by atoms with E-state index in [1.54, 1.807) is 12.1 Å². The number of hydrogen-bond acceptors (Lipinski definition) is 5. The molecule has 1 aliphatic rings. The van der Waals surface area contributed by atoms with E-state index in [0.717, 1.165) is 28.9 Å². The zero-order chi connectivity index (χ0) is 24.9. The van der Waals surface area contributed by atoms with Crippen LogP contribution < -0.4 is 5.01 Å². The molecular formula is C30H23N3O3. The summed E-state index contributed by atoms with van der Waals surface area (Å²) in [6, 6.07) is 34.2. The normalized spacial score (nSPS) is 15.2. The monoisotopic (exact) mass is 473 g/mol. The Labute approximate surface area is 209 Å². The van der Waals surface area contributed by atoms with Gasteiger partial charge < -0.3 is 0 Å². The van der Waals surface area contributed by atoms with Crippen molar-refractivity contribution >= 4 is 28.9 Å². The Kier molecular flexibility index (Phi) is 6.49. The first-order valence-corrected chi connectivity index (χ1v) is 11.6. The molecule has 0 saturated carbocycles. The topological polar surface area (TPSA) is 75.8 Å². The van der Waals surface area contributed by atoms with Crippen molar-refractivity contribution in [1.29, 1.82) is 0 Å². The molecule has 0 radical (unpaired) electrons. The molecule has 0 spiro atoms. The number of anilines is 1. The Morgan fingerprint density at radius 3 is 2.28 bits per heavy atom. The second-order valence-electron chi connectivity index (χ2n) is 8.48. The molecule has 1 atom stereocenters. The van der Waals surface area contributed by atoms with Crippen LogP contribution in [0.25, 0.3) is 6.08 Å². The molecule has 0 aliphatic carbocycles. The molecule has 36 heavy (non-hydrogen) atoms. The Bertz CT molecular complexity index is 1450. The highest BCUT2D eigenvalue weighted by atomic mass is 16.6. The minimum absolute atomic E-state index is 0.0817. The predicted molar refractivity (Wildman–Crippen MR) is 142 cm³/mol. The highest BCUT2D eigenvalue weighted by Crippen LogP contribution is 2.36. The van der Waals surface area contributed by atoms with Crippen LogP contribution in [0.2, 0.25) is 0 Å². The summed E-state index contributed by atoms with van der Waals surface area (Å²) >= 11 is 0. The minimum atomic E-state index is -0.508. The molecule has 1 unspecified atom stereocenters. The summed E-state index contributed by atoms with van der Waals surface area (Å²) in [6.45, 7) is 0. The van der Waals surface area contributed by atoms with Crippen LogP contribution in [0.15, 0.2) is 120 Å². The van der Waals surface area contributed by atoms with Gasteiger partial charge >= 0.3 is 0 Å². The van der Waals surface area contributed by atoms with Gasteiger partial charge in [-0.1, -0.05) is 91.0 Å². The molecule has 0 fully saturated rings. The van der Waals surface area contributed by atoms with E-state index >= 15 is 0 Å². The molecule has 176 valence electrons. The summed E-state index contributed by atoms with van der Waals surface area (Å²) in [6.07, 6.45) is 3.94. The van der Waals surface area contributed by atoms with Gasteiger partial charge in [-0.2, -0.15) is 5.10 Å². The second-order valence-corrected chi connectivity index (χ2v) is 8.48. The molecular weight excluding hydrogens is 450 g/mol. The van der Waals surface area contributed by atoms with E-state index in [4.69, 9.17) is 5.10 Å². The summed E-state index contributed by atoms with van der Waals surface area (Å²) in [5.41, 5.74) is 5.32. The molecule has 1 aliphatic heterocycles. The van der Waals surface area contributed by atoms with Gasteiger partial charge in [0.2, 0.25) is 0 Å². The van der Waals surface area contributed by atoms with E-state index in [1.807, 2.05) is 60.7 Å². The number of non-ortho nitro benzene ring substituents is 1. The molecule has 6 nitrogen and oxygen atoms in total. The van der Waals surface area contributed by atoms with Gasteiger partial charge in [-0.05, 0) is 34.9 Å². The van der Waals surface area contributed by atoms with E-state index in [1.165, 1.54) is 29.8 Å². The molecule has 1 heterocycles. The van der Waals surface area contributed by atoms with Crippen molar-refractivity contribution in [3.05, 3.63) is 148 Å². The number of ketones is 1. The lowest BCUT2D eigenvalue weighted by Gasteiger charge is -2.24. The van der Waals surface area contributed by atoms with Gasteiger partial charge in [-0.25, -0.2) is 0 Å². The smallest absolute Gasteiger partial charge is 0.270 e. The summed E-state index contributed by atoms with van der Waals surface area (Å²) in [5.74, 6) is -0.288. The van der Waals surface area contributed by atoms with E-state index in [2.05, 4.69) is 29.3 Å². The van der Waals surface area contributed by atoms with Gasteiger partial charge in [0.25, 0.3) is 5.69 Å². The number of hydrazone groups is 1. The molecule has 0 aromatic heterocycles. The van der Waals surface area contributed by atoms with Crippen molar-refractivity contribution in [3.63, 3.8) is 0 Å². The number of rotatable bonds is 7. The fourth-order valence-corrected chi connectivity index (χ4v) is 4.27. The average Bonchev–Trinajstić information content (AvgIpc) is 3.39. The number of nitro benzene ring substituents is 1. The van der Waals surface area contributed by atoms with Gasteiger partial charge in [-0.3, -0.25) is 19.9 Å². The number of benzene rings is 4. The number of nitrogens with zero attached hydrogens (tertiary/aromatic N) is 3. The lowest BCUT2D eigenvalue weighted by atomic mass is 9.98. The van der Waals surface area contributed by atoms with Crippen molar-refractivity contribution < 1.29 is 9.72 Å². The highest BCUT2D eigenvalue weighted by molar-refractivity contribution is 6.07. The Morgan fingerprint density at radius 2 is 1.58 bits per heavy atom. The summed E-state index contributed by atoms with van der Waals surface area (Å²) < 4.78 is 0. The van der Waals surface area contributed by atoms with E-state index in [9.17, 15) is 14.9 Å². The molecule has 5 rings (SSSR count). The summed E-state index contributed by atoms with van der Waals surface area (Å²) in [4.78, 5) is 23.0. The van der Waals surface area contributed by atoms with E-state index in [0.29, 0.717) is 0 Å². The Balaban J connectivity index is 1.38. The first-order chi connectivity index (χ1) is 17.6. The van der Waals surface area contributed by atoms with E-state index < -0.39 is 4.92 Å². The Morgan fingerprint density at radius 1 is 0.889 bits per heavy atom. The lowest BCUT2D eigenvalue weighted by Crippen LogP contribution is -2.18. The van der Waals surface area contributed by atoms with Gasteiger partial charge in [0.15, 0.2) is 5.78 Å². The zero-order valence-electron chi connectivity index (χ0n) is 19.4. The van der Waals surface area contributed by atoms with E-state index in [-0.39, 0.29) is 23.1 Å². The number of allylic oxidation sites excluding steroid dienone is 1. The van der Waals surface area contributed by atoms with Crippen LogP contribution in [0.4, 0.5) is 11.4 Å². The van der Waals surface area contributed by atoms with Gasteiger partial charge in [0, 0.05) is 24.1 Å². The summed E-state index contributed by atoms with van der Waals surface area (Å²) in [7, 11) is 0. The largest absolute Gasteiger partial charge is 0.289 e. The first-order valence-electron chi connectivity index (χ1n) is 11.6. The SMILES string of the molecule is O=C(/C=C/c1ccc(N2N=C(c3ccccc3)CC2c2ccccc2)cc1)c1cccc([N+](=O)[O-])c1. The van der Waals surface area contributed by atoms with Crippen LogP contribution in [-0.4, -0.2) is 16.4 Å². The summed E-state index contributed by atoms with van der Waals surface area (Å²) in [5, 5.41) is 18.0. The minimum Gasteiger partial charge on any atom is -0.289 e. The standard InChI is InChI=1S/C30H23N3O3/c34-30(25-12-7-13-27(20-25)33(35)36)19-16-22-14-17-26(18-15-22)32-29(24-10-5-2-6-11-24)21-28(31-32)23-8-3-1-4-9-23/h1-20,29H,21H2/b19-16+. The maximum absolute atomic E-state index is 12.5. The lowest BCUT2D eigenvalue weighted by molar-refractivity contribution is -0.384. The number of hydrogen-bond donors (Lipinski definition) is 0. The number of carbonyl (C=O) groups is 1. The third-order valence-corrected chi connectivity index (χ3v) is 6.13. The van der Waals surface area contributed by atoms with Crippen LogP contribution in [-0.2, 0) is 0 Å². The van der Waals surface area contributed by atoms with Crippen molar-refractivity contribution in [2.45, 2.75) is 12.5 Å². The van der Waals surface area contributed by atoms with Crippen LogP contribution in [0.5, 0.6) is 0 Å². The van der Waals surface area contributed by atoms with Crippen LogP contribution >= 0.6 is 0 Å². The highest BCUT2D eigenvalue weighted by Gasteiger charge is 2.29. The van der Waals surface area contributed by atoms with Crippen LogP contribution in [0.3, 0.4) is 0 Å². The predicted octanol–water partition coefficient (Wildman–Crippen LogP) is 6.85. The van der Waals surface area contributed by atoms with Gasteiger partial charge in [0.1, 0.15) is 0 Å².